The van der Waals surface area contributed by atoms with Gasteiger partial charge in [-0.1, -0.05) is 36.4 Å². The Hall–Kier alpha value is -3.02. The van der Waals surface area contributed by atoms with Crippen LogP contribution in [0.15, 0.2) is 48.5 Å². The number of nitrogens with zero attached hydrogens (tertiary/aromatic N) is 3. The molecule has 0 aliphatic heterocycles. The molecule has 128 valence electrons. The van der Waals surface area contributed by atoms with Crippen molar-refractivity contribution < 1.29 is 4.79 Å². The topological polar surface area (TPSA) is 79.8 Å². The van der Waals surface area contributed by atoms with Crippen molar-refractivity contribution in [3.8, 4) is 0 Å². The summed E-state index contributed by atoms with van der Waals surface area (Å²) < 4.78 is 0. The lowest BCUT2D eigenvalue weighted by Crippen LogP contribution is -2.30. The summed E-state index contributed by atoms with van der Waals surface area (Å²) in [6, 6.07) is 15.7. The molecule has 0 saturated heterocycles. The maximum absolute atomic E-state index is 11.9. The second kappa shape index (κ2) is 8.19. The third-order valence-corrected chi connectivity index (χ3v) is 3.86. The lowest BCUT2D eigenvalue weighted by atomic mass is 10.1. The third kappa shape index (κ3) is 4.97. The molecule has 0 atom stereocenters. The third-order valence-electron chi connectivity index (χ3n) is 3.86. The molecule has 25 heavy (non-hydrogen) atoms. The highest BCUT2D eigenvalue weighted by atomic mass is 16.2. The van der Waals surface area contributed by atoms with Crippen LogP contribution in [-0.4, -0.2) is 27.8 Å². The molecule has 1 aromatic heterocycles. The van der Waals surface area contributed by atoms with E-state index in [9.17, 15) is 4.79 Å². The van der Waals surface area contributed by atoms with Crippen LogP contribution in [0.2, 0.25) is 0 Å². The number of hydrogen-bond acceptors (Lipinski definition) is 4. The van der Waals surface area contributed by atoms with Crippen LogP contribution in [0.4, 0.5) is 10.7 Å². The van der Waals surface area contributed by atoms with Crippen LogP contribution in [0.5, 0.6) is 0 Å². The van der Waals surface area contributed by atoms with Crippen LogP contribution in [0.3, 0.4) is 0 Å². The number of hydrogen-bond donors (Lipinski definition) is 2. The first kappa shape index (κ1) is 16.8. The van der Waals surface area contributed by atoms with Gasteiger partial charge in [-0.3, -0.25) is 5.32 Å². The highest BCUT2D eigenvalue weighted by Crippen LogP contribution is 2.11. The van der Waals surface area contributed by atoms with Gasteiger partial charge < -0.3 is 5.32 Å². The number of urea groups is 1. The normalized spacial score (nSPS) is 10.6. The number of fused-ring (bicyclic) bond motifs is 1. The Balaban J connectivity index is 1.42. The zero-order chi connectivity index (χ0) is 17.5. The van der Waals surface area contributed by atoms with Gasteiger partial charge >= 0.3 is 6.03 Å². The molecular formula is C19H21N5O. The predicted molar refractivity (Wildman–Crippen MR) is 98.5 cm³/mol. The van der Waals surface area contributed by atoms with Crippen molar-refractivity contribution in [1.29, 1.82) is 0 Å². The Labute approximate surface area is 146 Å². The second-order valence-electron chi connectivity index (χ2n) is 5.95. The highest BCUT2D eigenvalue weighted by Gasteiger charge is 2.06. The number of anilines is 1. The van der Waals surface area contributed by atoms with Gasteiger partial charge in [0.2, 0.25) is 0 Å². The van der Waals surface area contributed by atoms with Crippen molar-refractivity contribution >= 4 is 23.0 Å². The van der Waals surface area contributed by atoms with E-state index in [0.717, 1.165) is 24.8 Å². The lowest BCUT2D eigenvalue weighted by molar-refractivity contribution is 0.251. The number of carbonyl (C=O) groups is 1. The van der Waals surface area contributed by atoms with E-state index in [4.69, 9.17) is 0 Å². The van der Waals surface area contributed by atoms with E-state index in [1.807, 2.05) is 43.3 Å². The Morgan fingerprint density at radius 3 is 2.68 bits per heavy atom. The summed E-state index contributed by atoms with van der Waals surface area (Å²) in [5, 5.41) is 13.5. The summed E-state index contributed by atoms with van der Waals surface area (Å²) in [5.74, 6) is 0.207. The Bertz CT molecular complexity index is 851. The zero-order valence-electron chi connectivity index (χ0n) is 14.2. The molecule has 6 nitrogen and oxygen atoms in total. The van der Waals surface area contributed by atoms with Crippen LogP contribution in [0.1, 0.15) is 24.0 Å². The predicted octanol–water partition coefficient (Wildman–Crippen LogP) is 3.48. The molecular weight excluding hydrogens is 314 g/mol. The summed E-state index contributed by atoms with van der Waals surface area (Å²) in [7, 11) is 0. The molecule has 2 aromatic carbocycles. The van der Waals surface area contributed by atoms with Gasteiger partial charge in [0, 0.05) is 6.54 Å². The average Bonchev–Trinajstić information content (AvgIpc) is 2.62. The Morgan fingerprint density at radius 1 is 1.00 bits per heavy atom. The number of rotatable bonds is 6. The van der Waals surface area contributed by atoms with E-state index in [1.165, 1.54) is 5.56 Å². The van der Waals surface area contributed by atoms with Gasteiger partial charge in [0.25, 0.3) is 5.95 Å². The molecule has 0 spiro atoms. The van der Waals surface area contributed by atoms with Crippen LogP contribution >= 0.6 is 0 Å². The molecule has 2 amide bonds. The van der Waals surface area contributed by atoms with Gasteiger partial charge in [0.15, 0.2) is 0 Å². The van der Waals surface area contributed by atoms with E-state index in [-0.39, 0.29) is 12.0 Å². The summed E-state index contributed by atoms with van der Waals surface area (Å²) in [4.78, 5) is 16.2. The molecule has 0 radical (unpaired) electrons. The van der Waals surface area contributed by atoms with Gasteiger partial charge in [-0.15, -0.1) is 10.2 Å². The molecule has 1 heterocycles. The number of amides is 2. The Morgan fingerprint density at radius 2 is 1.84 bits per heavy atom. The van der Waals surface area contributed by atoms with Crippen molar-refractivity contribution in [3.05, 3.63) is 59.7 Å². The Kier molecular flexibility index (Phi) is 5.51. The van der Waals surface area contributed by atoms with Gasteiger partial charge in [0.1, 0.15) is 5.52 Å². The first-order valence-corrected chi connectivity index (χ1v) is 8.40. The standard InChI is InChI=1S/C19H21N5O/c1-14-10-11-16-17(13-14)23-24-18(21-16)22-19(25)20-12-6-5-9-15-7-3-2-4-8-15/h2-4,7-8,10-11,13H,5-6,9,12H2,1H3,(H2,20,21,22,24,25). The quantitative estimate of drug-likeness (QED) is 0.676. The van der Waals surface area contributed by atoms with E-state index in [2.05, 4.69) is 37.9 Å². The fourth-order valence-corrected chi connectivity index (χ4v) is 2.55. The molecule has 0 aliphatic rings. The summed E-state index contributed by atoms with van der Waals surface area (Å²) in [6.07, 6.45) is 2.96. The summed E-state index contributed by atoms with van der Waals surface area (Å²) in [5.41, 5.74) is 3.83. The van der Waals surface area contributed by atoms with Crippen LogP contribution in [0, 0.1) is 6.92 Å². The van der Waals surface area contributed by atoms with E-state index >= 15 is 0 Å². The average molecular weight is 335 g/mol. The maximum Gasteiger partial charge on any atom is 0.321 e. The monoisotopic (exact) mass is 335 g/mol. The van der Waals surface area contributed by atoms with Crippen molar-refractivity contribution in [1.82, 2.24) is 20.5 Å². The van der Waals surface area contributed by atoms with E-state index < -0.39 is 0 Å². The molecule has 0 unspecified atom stereocenters. The number of aryl methyl sites for hydroxylation is 2. The highest BCUT2D eigenvalue weighted by molar-refractivity contribution is 5.88. The fourth-order valence-electron chi connectivity index (χ4n) is 2.55. The number of aromatic nitrogens is 3. The van der Waals surface area contributed by atoms with Crippen LogP contribution in [0.25, 0.3) is 11.0 Å². The van der Waals surface area contributed by atoms with Crippen molar-refractivity contribution in [2.24, 2.45) is 0 Å². The van der Waals surface area contributed by atoms with E-state index in [1.54, 1.807) is 0 Å². The smallest absolute Gasteiger partial charge is 0.321 e. The first-order valence-electron chi connectivity index (χ1n) is 8.40. The summed E-state index contributed by atoms with van der Waals surface area (Å²) in [6.45, 7) is 2.59. The lowest BCUT2D eigenvalue weighted by Gasteiger charge is -2.07. The largest absolute Gasteiger partial charge is 0.338 e. The van der Waals surface area contributed by atoms with Crippen LogP contribution < -0.4 is 10.6 Å². The van der Waals surface area contributed by atoms with Gasteiger partial charge in [-0.25, -0.2) is 9.78 Å². The molecule has 0 bridgehead atoms. The summed E-state index contributed by atoms with van der Waals surface area (Å²) >= 11 is 0. The number of nitrogens with one attached hydrogen (secondary N) is 2. The molecule has 0 aliphatic carbocycles. The maximum atomic E-state index is 11.9. The van der Waals surface area contributed by atoms with E-state index in [0.29, 0.717) is 17.6 Å². The van der Waals surface area contributed by atoms with Gasteiger partial charge in [0.05, 0.1) is 5.52 Å². The van der Waals surface area contributed by atoms with Crippen molar-refractivity contribution in [2.75, 3.05) is 11.9 Å². The van der Waals surface area contributed by atoms with Gasteiger partial charge in [-0.2, -0.15) is 0 Å². The molecule has 0 saturated carbocycles. The first-order chi connectivity index (χ1) is 12.2. The molecule has 0 fully saturated rings. The zero-order valence-corrected chi connectivity index (χ0v) is 14.2. The fraction of sp³-hybridized carbons (Fsp3) is 0.263. The minimum atomic E-state index is -0.312. The minimum Gasteiger partial charge on any atom is -0.338 e. The second-order valence-corrected chi connectivity index (χ2v) is 5.95. The van der Waals surface area contributed by atoms with Crippen molar-refractivity contribution in [3.63, 3.8) is 0 Å². The molecule has 3 rings (SSSR count). The number of carbonyl (C=O) groups excluding carboxylic acids is 1. The molecule has 6 heteroatoms. The van der Waals surface area contributed by atoms with Crippen LogP contribution in [-0.2, 0) is 6.42 Å². The number of unbranched alkanes of at least 4 members (excludes halogenated alkanes) is 1. The SMILES string of the molecule is Cc1ccc2nc(NC(=O)NCCCCc3ccccc3)nnc2c1. The van der Waals surface area contributed by atoms with Crippen molar-refractivity contribution in [2.45, 2.75) is 26.2 Å². The van der Waals surface area contributed by atoms with Gasteiger partial charge in [-0.05, 0) is 49.4 Å². The molecule has 3 aromatic rings. The number of benzene rings is 2. The molecule has 2 N–H and O–H groups in total. The minimum absolute atomic E-state index is 0.207.